The topological polar surface area (TPSA) is 39.4 Å². The minimum Gasteiger partial charge on any atom is -0.457 e. The highest BCUT2D eigenvalue weighted by atomic mass is 16.5. The van der Waals surface area contributed by atoms with Crippen LogP contribution in [0, 0.1) is 0 Å². The number of imidazole rings is 1. The molecule has 4 aromatic rings. The van der Waals surface area contributed by atoms with Crippen LogP contribution in [0.3, 0.4) is 0 Å². The summed E-state index contributed by atoms with van der Waals surface area (Å²) in [5.74, 6) is 1.63. The Hall–Kier alpha value is -3.14. The maximum absolute atomic E-state index is 5.80. The van der Waals surface area contributed by atoms with E-state index in [0.717, 1.165) is 28.3 Å². The Labute approximate surface area is 127 Å². The summed E-state index contributed by atoms with van der Waals surface area (Å²) in [6, 6.07) is 17.6. The van der Waals surface area contributed by atoms with Gasteiger partial charge in [0.2, 0.25) is 0 Å². The van der Waals surface area contributed by atoms with Crippen molar-refractivity contribution >= 4 is 5.52 Å². The smallest absolute Gasteiger partial charge is 0.127 e. The SMILES string of the molecule is c1ccc(Oc2ccc(-c3ncn4ccncc34)cc2)cc1. The predicted molar refractivity (Wildman–Crippen MR) is 84.9 cm³/mol. The van der Waals surface area contributed by atoms with Crippen molar-refractivity contribution in [2.24, 2.45) is 0 Å². The first-order chi connectivity index (χ1) is 10.9. The first-order valence-electron chi connectivity index (χ1n) is 7.00. The van der Waals surface area contributed by atoms with Crippen molar-refractivity contribution in [3.63, 3.8) is 0 Å². The van der Waals surface area contributed by atoms with Crippen molar-refractivity contribution < 1.29 is 4.74 Å². The van der Waals surface area contributed by atoms with Crippen molar-refractivity contribution in [2.45, 2.75) is 0 Å². The van der Waals surface area contributed by atoms with Crippen LogP contribution in [0.4, 0.5) is 0 Å². The molecular weight excluding hydrogens is 274 g/mol. The first kappa shape index (κ1) is 12.6. The molecule has 0 aliphatic heterocycles. The molecule has 2 aromatic carbocycles. The number of nitrogens with zero attached hydrogens (tertiary/aromatic N) is 3. The molecule has 0 fully saturated rings. The Kier molecular flexibility index (Phi) is 3.05. The van der Waals surface area contributed by atoms with E-state index in [1.807, 2.05) is 71.4 Å². The second-order valence-electron chi connectivity index (χ2n) is 4.90. The lowest BCUT2D eigenvalue weighted by atomic mass is 10.1. The van der Waals surface area contributed by atoms with Crippen LogP contribution in [-0.2, 0) is 0 Å². The van der Waals surface area contributed by atoms with Crippen LogP contribution in [0.1, 0.15) is 0 Å². The summed E-state index contributed by atoms with van der Waals surface area (Å²) in [6.07, 6.45) is 7.24. The van der Waals surface area contributed by atoms with Gasteiger partial charge in [0.05, 0.1) is 17.4 Å². The monoisotopic (exact) mass is 287 g/mol. The Morgan fingerprint density at radius 3 is 2.45 bits per heavy atom. The van der Waals surface area contributed by atoms with Gasteiger partial charge in [0, 0.05) is 18.0 Å². The van der Waals surface area contributed by atoms with E-state index in [1.165, 1.54) is 0 Å². The van der Waals surface area contributed by atoms with E-state index in [-0.39, 0.29) is 0 Å². The largest absolute Gasteiger partial charge is 0.457 e. The fourth-order valence-corrected chi connectivity index (χ4v) is 2.37. The maximum Gasteiger partial charge on any atom is 0.127 e. The fourth-order valence-electron chi connectivity index (χ4n) is 2.37. The van der Waals surface area contributed by atoms with Gasteiger partial charge in [0.25, 0.3) is 0 Å². The van der Waals surface area contributed by atoms with Gasteiger partial charge >= 0.3 is 0 Å². The van der Waals surface area contributed by atoms with E-state index < -0.39 is 0 Å². The third-order valence-electron chi connectivity index (χ3n) is 3.45. The standard InChI is InChI=1S/C18H13N3O/c1-2-4-15(5-3-1)22-16-8-6-14(7-9-16)18-17-12-19-10-11-21(17)13-20-18/h1-13H. The van der Waals surface area contributed by atoms with E-state index >= 15 is 0 Å². The number of benzene rings is 2. The molecule has 0 saturated heterocycles. The molecule has 0 radical (unpaired) electrons. The summed E-state index contributed by atoms with van der Waals surface area (Å²) < 4.78 is 7.76. The molecule has 2 aromatic heterocycles. The van der Waals surface area contributed by atoms with Crippen molar-refractivity contribution in [2.75, 3.05) is 0 Å². The summed E-state index contributed by atoms with van der Waals surface area (Å²) in [5.41, 5.74) is 2.94. The molecule has 4 heteroatoms. The zero-order chi connectivity index (χ0) is 14.8. The molecule has 22 heavy (non-hydrogen) atoms. The molecule has 0 aliphatic rings. The Bertz CT molecular complexity index is 898. The molecule has 0 bridgehead atoms. The van der Waals surface area contributed by atoms with E-state index in [2.05, 4.69) is 9.97 Å². The highest BCUT2D eigenvalue weighted by Crippen LogP contribution is 2.27. The molecule has 0 aliphatic carbocycles. The molecule has 0 unspecified atom stereocenters. The molecule has 106 valence electrons. The summed E-state index contributed by atoms with van der Waals surface area (Å²) >= 11 is 0. The van der Waals surface area contributed by atoms with Crippen LogP contribution < -0.4 is 4.74 Å². The van der Waals surface area contributed by atoms with Crippen LogP contribution in [0.2, 0.25) is 0 Å². The minimum atomic E-state index is 0.802. The summed E-state index contributed by atoms with van der Waals surface area (Å²) in [7, 11) is 0. The average molecular weight is 287 g/mol. The van der Waals surface area contributed by atoms with Gasteiger partial charge in [-0.2, -0.15) is 0 Å². The number of hydrogen-bond donors (Lipinski definition) is 0. The first-order valence-corrected chi connectivity index (χ1v) is 7.00. The number of aromatic nitrogens is 3. The minimum absolute atomic E-state index is 0.802. The predicted octanol–water partition coefficient (Wildman–Crippen LogP) is 4.19. The number of ether oxygens (including phenoxy) is 1. The van der Waals surface area contributed by atoms with Crippen molar-refractivity contribution in [1.29, 1.82) is 0 Å². The lowest BCUT2D eigenvalue weighted by Crippen LogP contribution is -1.85. The van der Waals surface area contributed by atoms with Gasteiger partial charge in [-0.15, -0.1) is 0 Å². The zero-order valence-corrected chi connectivity index (χ0v) is 11.8. The quantitative estimate of drug-likeness (QED) is 0.567. The molecule has 4 rings (SSSR count). The molecule has 0 atom stereocenters. The van der Waals surface area contributed by atoms with Gasteiger partial charge in [0.15, 0.2) is 0 Å². The number of fused-ring (bicyclic) bond motifs is 1. The highest BCUT2D eigenvalue weighted by Gasteiger charge is 2.07. The fraction of sp³-hybridized carbons (Fsp3) is 0. The third kappa shape index (κ3) is 2.31. The van der Waals surface area contributed by atoms with Crippen molar-refractivity contribution in [3.8, 4) is 22.8 Å². The van der Waals surface area contributed by atoms with Gasteiger partial charge in [-0.25, -0.2) is 4.98 Å². The molecular formula is C18H13N3O. The molecule has 0 spiro atoms. The van der Waals surface area contributed by atoms with Crippen LogP contribution in [0.25, 0.3) is 16.8 Å². The molecule has 2 heterocycles. The van der Waals surface area contributed by atoms with Crippen LogP contribution >= 0.6 is 0 Å². The van der Waals surface area contributed by atoms with Gasteiger partial charge in [-0.1, -0.05) is 18.2 Å². The summed E-state index contributed by atoms with van der Waals surface area (Å²) in [4.78, 5) is 8.62. The van der Waals surface area contributed by atoms with E-state index in [9.17, 15) is 0 Å². The van der Waals surface area contributed by atoms with E-state index in [1.54, 1.807) is 12.5 Å². The molecule has 0 amide bonds. The second kappa shape index (κ2) is 5.33. The van der Waals surface area contributed by atoms with Crippen LogP contribution in [0.5, 0.6) is 11.5 Å². The van der Waals surface area contributed by atoms with Crippen molar-refractivity contribution in [3.05, 3.63) is 79.5 Å². The Morgan fingerprint density at radius 1 is 0.864 bits per heavy atom. The Balaban J connectivity index is 1.64. The molecule has 4 nitrogen and oxygen atoms in total. The van der Waals surface area contributed by atoms with E-state index in [0.29, 0.717) is 0 Å². The van der Waals surface area contributed by atoms with Gasteiger partial charge < -0.3 is 9.14 Å². The lowest BCUT2D eigenvalue weighted by molar-refractivity contribution is 0.483. The highest BCUT2D eigenvalue weighted by molar-refractivity contribution is 5.76. The summed E-state index contributed by atoms with van der Waals surface area (Å²) in [5, 5.41) is 0. The normalized spacial score (nSPS) is 10.7. The zero-order valence-electron chi connectivity index (χ0n) is 11.8. The maximum atomic E-state index is 5.80. The van der Waals surface area contributed by atoms with Crippen LogP contribution in [-0.4, -0.2) is 14.4 Å². The Morgan fingerprint density at radius 2 is 1.64 bits per heavy atom. The number of hydrogen-bond acceptors (Lipinski definition) is 3. The average Bonchev–Trinajstić information content (AvgIpc) is 3.01. The second-order valence-corrected chi connectivity index (χ2v) is 4.90. The van der Waals surface area contributed by atoms with Crippen LogP contribution in [0.15, 0.2) is 79.5 Å². The summed E-state index contributed by atoms with van der Waals surface area (Å²) in [6.45, 7) is 0. The van der Waals surface area contributed by atoms with Crippen molar-refractivity contribution in [1.82, 2.24) is 14.4 Å². The number of rotatable bonds is 3. The number of para-hydroxylation sites is 1. The van der Waals surface area contributed by atoms with Gasteiger partial charge in [-0.3, -0.25) is 4.98 Å². The van der Waals surface area contributed by atoms with E-state index in [4.69, 9.17) is 4.74 Å². The third-order valence-corrected chi connectivity index (χ3v) is 3.45. The molecule has 0 saturated carbocycles. The van der Waals surface area contributed by atoms with Gasteiger partial charge in [-0.05, 0) is 36.4 Å². The van der Waals surface area contributed by atoms with Gasteiger partial charge in [0.1, 0.15) is 17.8 Å². The molecule has 0 N–H and O–H groups in total. The lowest BCUT2D eigenvalue weighted by Gasteiger charge is -2.06.